The lowest BCUT2D eigenvalue weighted by atomic mass is 10.1. The van der Waals surface area contributed by atoms with Crippen LogP contribution in [-0.2, 0) is 13.6 Å². The standard InChI is InChI=1S/C18H27BrN6/c1-20-18(24(4)12-14-8-6-7-9-16(14)19)21-11-17(23(2)3)15-10-22-25(5)13-15/h6-10,13,17H,11-12H2,1-5H3,(H,20,21). The molecule has 0 bridgehead atoms. The van der Waals surface area contributed by atoms with E-state index >= 15 is 0 Å². The van der Waals surface area contributed by atoms with E-state index in [1.807, 2.05) is 38.1 Å². The number of benzene rings is 1. The van der Waals surface area contributed by atoms with Gasteiger partial charge in [-0.15, -0.1) is 0 Å². The van der Waals surface area contributed by atoms with Gasteiger partial charge in [0, 0.05) is 50.5 Å². The van der Waals surface area contributed by atoms with Crippen LogP contribution in [0.3, 0.4) is 0 Å². The molecular formula is C18H27BrN6. The third-order valence-corrected chi connectivity index (χ3v) is 4.90. The molecule has 25 heavy (non-hydrogen) atoms. The van der Waals surface area contributed by atoms with Crippen molar-refractivity contribution in [3.63, 3.8) is 0 Å². The summed E-state index contributed by atoms with van der Waals surface area (Å²) >= 11 is 3.61. The third kappa shape index (κ3) is 5.31. The summed E-state index contributed by atoms with van der Waals surface area (Å²) in [6.07, 6.45) is 3.97. The largest absolute Gasteiger partial charge is 0.354 e. The Balaban J connectivity index is 2.02. The maximum Gasteiger partial charge on any atom is 0.193 e. The Morgan fingerprint density at radius 3 is 2.60 bits per heavy atom. The summed E-state index contributed by atoms with van der Waals surface area (Å²) in [5.74, 6) is 0.867. The summed E-state index contributed by atoms with van der Waals surface area (Å²) in [5, 5.41) is 7.76. The smallest absolute Gasteiger partial charge is 0.193 e. The summed E-state index contributed by atoms with van der Waals surface area (Å²) < 4.78 is 2.94. The second-order valence-corrected chi connectivity index (χ2v) is 7.16. The molecule has 7 heteroatoms. The van der Waals surface area contributed by atoms with Gasteiger partial charge in [-0.2, -0.15) is 5.10 Å². The Kier molecular flexibility index (Phi) is 7.01. The first kappa shape index (κ1) is 19.5. The molecule has 0 aliphatic heterocycles. The highest BCUT2D eigenvalue weighted by atomic mass is 79.9. The molecule has 1 N–H and O–H groups in total. The topological polar surface area (TPSA) is 48.7 Å². The summed E-state index contributed by atoms with van der Waals surface area (Å²) in [7, 11) is 9.95. The van der Waals surface area contributed by atoms with Crippen molar-refractivity contribution in [2.75, 3.05) is 34.7 Å². The van der Waals surface area contributed by atoms with Crippen LogP contribution >= 0.6 is 15.9 Å². The second kappa shape index (κ2) is 9.01. The number of aliphatic imine (C=N–C) groups is 1. The van der Waals surface area contributed by atoms with Crippen molar-refractivity contribution in [1.82, 2.24) is 24.9 Å². The van der Waals surface area contributed by atoms with E-state index in [9.17, 15) is 0 Å². The normalized spacial score (nSPS) is 13.2. The van der Waals surface area contributed by atoms with E-state index in [-0.39, 0.29) is 6.04 Å². The fourth-order valence-electron chi connectivity index (χ4n) is 2.74. The molecule has 0 saturated heterocycles. The van der Waals surface area contributed by atoms with Crippen LogP contribution in [0.2, 0.25) is 0 Å². The number of hydrogen-bond acceptors (Lipinski definition) is 3. The summed E-state index contributed by atoms with van der Waals surface area (Å²) in [5.41, 5.74) is 2.41. The quantitative estimate of drug-likeness (QED) is 0.591. The van der Waals surface area contributed by atoms with Crippen molar-refractivity contribution >= 4 is 21.9 Å². The van der Waals surface area contributed by atoms with Gasteiger partial charge in [-0.1, -0.05) is 34.1 Å². The number of nitrogens with zero attached hydrogens (tertiary/aromatic N) is 5. The van der Waals surface area contributed by atoms with Gasteiger partial charge in [-0.25, -0.2) is 0 Å². The summed E-state index contributed by atoms with van der Waals surface area (Å²) in [6.45, 7) is 1.53. The van der Waals surface area contributed by atoms with Crippen LogP contribution in [0.25, 0.3) is 0 Å². The number of rotatable bonds is 6. The van der Waals surface area contributed by atoms with Crippen LogP contribution in [0.15, 0.2) is 46.1 Å². The van der Waals surface area contributed by atoms with Crippen LogP contribution in [0.5, 0.6) is 0 Å². The Labute approximate surface area is 158 Å². The van der Waals surface area contributed by atoms with Crippen LogP contribution in [0.4, 0.5) is 0 Å². The fourth-order valence-corrected chi connectivity index (χ4v) is 3.15. The zero-order valence-corrected chi connectivity index (χ0v) is 17.2. The van der Waals surface area contributed by atoms with Crippen molar-refractivity contribution in [1.29, 1.82) is 0 Å². The predicted molar refractivity (Wildman–Crippen MR) is 107 cm³/mol. The van der Waals surface area contributed by atoms with Gasteiger partial charge in [0.15, 0.2) is 5.96 Å². The van der Waals surface area contributed by atoms with E-state index in [2.05, 4.69) is 79.6 Å². The summed E-state index contributed by atoms with van der Waals surface area (Å²) in [6, 6.07) is 8.48. The van der Waals surface area contributed by atoms with E-state index in [0.717, 1.165) is 23.5 Å². The molecule has 0 radical (unpaired) electrons. The fraction of sp³-hybridized carbons (Fsp3) is 0.444. The van der Waals surface area contributed by atoms with Crippen molar-refractivity contribution in [2.24, 2.45) is 12.0 Å². The first-order valence-electron chi connectivity index (χ1n) is 8.22. The minimum atomic E-state index is 0.224. The van der Waals surface area contributed by atoms with E-state index in [4.69, 9.17) is 0 Å². The van der Waals surface area contributed by atoms with Crippen LogP contribution in [0, 0.1) is 0 Å². The average Bonchev–Trinajstić information content (AvgIpc) is 2.99. The molecule has 0 fully saturated rings. The highest BCUT2D eigenvalue weighted by molar-refractivity contribution is 9.10. The molecular weight excluding hydrogens is 380 g/mol. The molecule has 1 unspecified atom stereocenters. The maximum absolute atomic E-state index is 4.42. The minimum Gasteiger partial charge on any atom is -0.354 e. The monoisotopic (exact) mass is 406 g/mol. The van der Waals surface area contributed by atoms with Crippen LogP contribution in [-0.4, -0.2) is 60.3 Å². The van der Waals surface area contributed by atoms with E-state index < -0.39 is 0 Å². The molecule has 1 heterocycles. The van der Waals surface area contributed by atoms with Gasteiger partial charge in [0.25, 0.3) is 0 Å². The van der Waals surface area contributed by atoms with Gasteiger partial charge >= 0.3 is 0 Å². The zero-order valence-electron chi connectivity index (χ0n) is 15.6. The lowest BCUT2D eigenvalue weighted by Gasteiger charge is -2.27. The molecule has 6 nitrogen and oxygen atoms in total. The highest BCUT2D eigenvalue weighted by Gasteiger charge is 2.17. The lowest BCUT2D eigenvalue weighted by Crippen LogP contribution is -2.42. The highest BCUT2D eigenvalue weighted by Crippen LogP contribution is 2.18. The molecule has 0 saturated carbocycles. The molecule has 0 aliphatic carbocycles. The number of aryl methyl sites for hydroxylation is 1. The molecule has 2 aromatic rings. The number of halogens is 1. The average molecular weight is 407 g/mol. The number of aromatic nitrogens is 2. The van der Waals surface area contributed by atoms with E-state index in [0.29, 0.717) is 0 Å². The van der Waals surface area contributed by atoms with Crippen molar-refractivity contribution in [2.45, 2.75) is 12.6 Å². The minimum absolute atomic E-state index is 0.224. The Hall–Kier alpha value is -1.86. The van der Waals surface area contributed by atoms with Crippen molar-refractivity contribution < 1.29 is 0 Å². The van der Waals surface area contributed by atoms with Gasteiger partial charge in [-0.3, -0.25) is 9.67 Å². The van der Waals surface area contributed by atoms with Gasteiger partial charge in [0.05, 0.1) is 12.2 Å². The molecule has 2 rings (SSSR count). The lowest BCUT2D eigenvalue weighted by molar-refractivity contribution is 0.295. The molecule has 136 valence electrons. The van der Waals surface area contributed by atoms with Crippen LogP contribution < -0.4 is 5.32 Å². The second-order valence-electron chi connectivity index (χ2n) is 6.30. The Morgan fingerprint density at radius 2 is 2.04 bits per heavy atom. The number of likely N-dealkylation sites (N-methyl/N-ethyl adjacent to an activating group) is 1. The number of nitrogens with one attached hydrogen (secondary N) is 1. The molecule has 0 amide bonds. The Morgan fingerprint density at radius 1 is 1.32 bits per heavy atom. The van der Waals surface area contributed by atoms with Crippen molar-refractivity contribution in [3.8, 4) is 0 Å². The maximum atomic E-state index is 4.42. The molecule has 1 atom stereocenters. The Bertz CT molecular complexity index is 709. The summed E-state index contributed by atoms with van der Waals surface area (Å²) in [4.78, 5) is 8.73. The van der Waals surface area contributed by atoms with E-state index in [1.54, 1.807) is 0 Å². The SMILES string of the molecule is CN=C(NCC(c1cnn(C)c1)N(C)C)N(C)Cc1ccccc1Br. The first-order valence-corrected chi connectivity index (χ1v) is 9.01. The van der Waals surface area contributed by atoms with Gasteiger partial charge in [-0.05, 0) is 25.7 Å². The molecule has 1 aromatic carbocycles. The van der Waals surface area contributed by atoms with E-state index in [1.165, 1.54) is 11.1 Å². The molecule has 0 spiro atoms. The predicted octanol–water partition coefficient (Wildman–Crippen LogP) is 2.49. The van der Waals surface area contributed by atoms with Crippen LogP contribution in [0.1, 0.15) is 17.2 Å². The van der Waals surface area contributed by atoms with Gasteiger partial charge in [0.1, 0.15) is 0 Å². The zero-order chi connectivity index (χ0) is 18.4. The van der Waals surface area contributed by atoms with Gasteiger partial charge in [0.2, 0.25) is 0 Å². The number of guanidine groups is 1. The molecule has 1 aromatic heterocycles. The number of hydrogen-bond donors (Lipinski definition) is 1. The van der Waals surface area contributed by atoms with Gasteiger partial charge < -0.3 is 15.1 Å². The third-order valence-electron chi connectivity index (χ3n) is 4.13. The first-order chi connectivity index (χ1) is 11.9. The van der Waals surface area contributed by atoms with Crippen molar-refractivity contribution in [3.05, 3.63) is 52.3 Å². The molecule has 0 aliphatic rings.